The average molecular weight is 139 g/mol. The fourth-order valence-electron chi connectivity index (χ4n) is 0.408. The van der Waals surface area contributed by atoms with Crippen LogP contribution in [0.15, 0.2) is 16.8 Å². The molecule has 10 heavy (non-hydrogen) atoms. The van der Waals surface area contributed by atoms with Gasteiger partial charge in [-0.2, -0.15) is 5.26 Å². The highest BCUT2D eigenvalue weighted by atomic mass is 16.2. The minimum Gasteiger partial charge on any atom is -0.514 e. The molecule has 0 rings (SSSR count). The van der Waals surface area contributed by atoms with Crippen LogP contribution in [0, 0.1) is 11.3 Å². The summed E-state index contributed by atoms with van der Waals surface area (Å²) in [6.45, 7) is 2.30. The van der Waals surface area contributed by atoms with Gasteiger partial charge in [-0.25, -0.2) is 0 Å². The van der Waals surface area contributed by atoms with Crippen molar-refractivity contribution in [2.24, 2.45) is 10.7 Å². The summed E-state index contributed by atoms with van der Waals surface area (Å²) in [6, 6.07) is 1.69. The zero-order chi connectivity index (χ0) is 7.98. The van der Waals surface area contributed by atoms with Crippen LogP contribution >= 0.6 is 0 Å². The highest BCUT2D eigenvalue weighted by Gasteiger charge is 1.98. The van der Waals surface area contributed by atoms with Crippen LogP contribution in [-0.4, -0.2) is 17.5 Å². The summed E-state index contributed by atoms with van der Waals surface area (Å²) in [4.78, 5) is 3.71. The average Bonchev–Trinajstić information content (AvgIpc) is 1.91. The van der Waals surface area contributed by atoms with Crippen molar-refractivity contribution in [2.45, 2.75) is 6.92 Å². The Kier molecular flexibility index (Phi) is 3.73. The summed E-state index contributed by atoms with van der Waals surface area (Å²) < 4.78 is 0. The summed E-state index contributed by atoms with van der Waals surface area (Å²) in [5.41, 5.74) is 5.25. The van der Waals surface area contributed by atoms with Crippen LogP contribution in [0.2, 0.25) is 0 Å². The van der Waals surface area contributed by atoms with Crippen molar-refractivity contribution in [3.63, 3.8) is 0 Å². The Labute approximate surface area is 59.3 Å². The van der Waals surface area contributed by atoms with Gasteiger partial charge in [-0.3, -0.25) is 4.99 Å². The Balaban J connectivity index is 4.35. The standard InChI is InChI=1S/C6H9N3O/c1-2-9-6(8)5(3-7)4-10/h4,10H,2H2,1H3,(H2,8,9)/b5-4+. The molecule has 0 aromatic heterocycles. The van der Waals surface area contributed by atoms with E-state index >= 15 is 0 Å². The Morgan fingerprint density at radius 2 is 2.50 bits per heavy atom. The second kappa shape index (κ2) is 4.39. The van der Waals surface area contributed by atoms with Crippen molar-refractivity contribution in [3.05, 3.63) is 11.8 Å². The molecule has 0 spiro atoms. The van der Waals surface area contributed by atoms with Gasteiger partial charge in [0.05, 0.1) is 0 Å². The molecule has 4 heteroatoms. The maximum atomic E-state index is 8.38. The van der Waals surface area contributed by atoms with Crippen molar-refractivity contribution < 1.29 is 5.11 Å². The lowest BCUT2D eigenvalue weighted by atomic mass is 10.3. The smallest absolute Gasteiger partial charge is 0.139 e. The van der Waals surface area contributed by atoms with Crippen LogP contribution in [0.1, 0.15) is 6.92 Å². The molecule has 0 aliphatic rings. The summed E-state index contributed by atoms with van der Waals surface area (Å²) >= 11 is 0. The predicted molar refractivity (Wildman–Crippen MR) is 38.5 cm³/mol. The molecule has 0 saturated heterocycles. The van der Waals surface area contributed by atoms with Crippen LogP contribution in [0.5, 0.6) is 0 Å². The molecule has 0 aromatic carbocycles. The number of hydrogen-bond acceptors (Lipinski definition) is 3. The Bertz CT molecular complexity index is 200. The van der Waals surface area contributed by atoms with E-state index in [9.17, 15) is 0 Å². The molecule has 0 radical (unpaired) electrons. The van der Waals surface area contributed by atoms with E-state index in [1.807, 2.05) is 0 Å². The van der Waals surface area contributed by atoms with Crippen LogP contribution in [0.25, 0.3) is 0 Å². The number of amidine groups is 1. The molecule has 0 saturated carbocycles. The van der Waals surface area contributed by atoms with Gasteiger partial charge in [0.25, 0.3) is 0 Å². The quantitative estimate of drug-likeness (QED) is 0.250. The monoisotopic (exact) mass is 139 g/mol. The summed E-state index contributed by atoms with van der Waals surface area (Å²) in [5, 5.41) is 16.7. The molecule has 0 bridgehead atoms. The number of rotatable bonds is 2. The van der Waals surface area contributed by atoms with Crippen LogP contribution in [0.4, 0.5) is 0 Å². The van der Waals surface area contributed by atoms with E-state index in [4.69, 9.17) is 16.1 Å². The second-order valence-corrected chi connectivity index (χ2v) is 1.51. The zero-order valence-electron chi connectivity index (χ0n) is 5.70. The van der Waals surface area contributed by atoms with Crippen molar-refractivity contribution in [1.82, 2.24) is 0 Å². The lowest BCUT2D eigenvalue weighted by Gasteiger charge is -1.92. The van der Waals surface area contributed by atoms with E-state index in [1.54, 1.807) is 13.0 Å². The summed E-state index contributed by atoms with van der Waals surface area (Å²) in [5.74, 6) is 0.0764. The first kappa shape index (κ1) is 8.50. The molecule has 0 amide bonds. The minimum absolute atomic E-state index is 0.00171. The Morgan fingerprint density at radius 1 is 1.90 bits per heavy atom. The zero-order valence-corrected chi connectivity index (χ0v) is 5.70. The van der Waals surface area contributed by atoms with Crippen LogP contribution in [0.3, 0.4) is 0 Å². The molecule has 0 aliphatic heterocycles. The largest absolute Gasteiger partial charge is 0.514 e. The van der Waals surface area contributed by atoms with Gasteiger partial charge >= 0.3 is 0 Å². The molecular formula is C6H9N3O. The number of aliphatic imine (C=N–C) groups is 1. The molecule has 0 fully saturated rings. The molecule has 0 aromatic rings. The van der Waals surface area contributed by atoms with Gasteiger partial charge < -0.3 is 10.8 Å². The van der Waals surface area contributed by atoms with E-state index in [-0.39, 0.29) is 11.4 Å². The molecule has 0 unspecified atom stereocenters. The number of nitrogens with two attached hydrogens (primary N) is 1. The fourth-order valence-corrected chi connectivity index (χ4v) is 0.408. The number of nitrogens with zero attached hydrogens (tertiary/aromatic N) is 2. The maximum absolute atomic E-state index is 8.38. The van der Waals surface area contributed by atoms with E-state index in [2.05, 4.69) is 4.99 Å². The van der Waals surface area contributed by atoms with Gasteiger partial charge in [-0.15, -0.1) is 0 Å². The Morgan fingerprint density at radius 3 is 2.80 bits per heavy atom. The van der Waals surface area contributed by atoms with Gasteiger partial charge in [-0.05, 0) is 6.92 Å². The molecule has 0 atom stereocenters. The second-order valence-electron chi connectivity index (χ2n) is 1.51. The minimum atomic E-state index is 0.00171. The van der Waals surface area contributed by atoms with Crippen LogP contribution < -0.4 is 5.73 Å². The molecule has 0 heterocycles. The molecule has 54 valence electrons. The van der Waals surface area contributed by atoms with Crippen molar-refractivity contribution in [1.29, 1.82) is 5.26 Å². The Hall–Kier alpha value is -1.50. The number of nitriles is 1. The van der Waals surface area contributed by atoms with E-state index in [0.29, 0.717) is 12.8 Å². The predicted octanol–water partition coefficient (Wildman–Crippen LogP) is 0.329. The fraction of sp³-hybridized carbons (Fsp3) is 0.333. The lowest BCUT2D eigenvalue weighted by molar-refractivity contribution is 0.472. The first-order valence-corrected chi connectivity index (χ1v) is 2.81. The number of aliphatic hydroxyl groups excluding tert-OH is 1. The lowest BCUT2D eigenvalue weighted by Crippen LogP contribution is -2.14. The van der Waals surface area contributed by atoms with Gasteiger partial charge in [-0.1, -0.05) is 0 Å². The summed E-state index contributed by atoms with van der Waals surface area (Å²) in [6.07, 6.45) is 0.647. The van der Waals surface area contributed by atoms with E-state index in [0.717, 1.165) is 0 Å². The number of hydrogen-bond donors (Lipinski definition) is 2. The van der Waals surface area contributed by atoms with Crippen molar-refractivity contribution >= 4 is 5.84 Å². The highest BCUT2D eigenvalue weighted by Crippen LogP contribution is 1.89. The van der Waals surface area contributed by atoms with Gasteiger partial charge in [0.15, 0.2) is 0 Å². The van der Waals surface area contributed by atoms with Gasteiger partial charge in [0, 0.05) is 6.54 Å². The molecule has 3 N–H and O–H groups in total. The third-order valence-corrected chi connectivity index (χ3v) is 0.854. The van der Waals surface area contributed by atoms with Gasteiger partial charge in [0.2, 0.25) is 0 Å². The first-order valence-electron chi connectivity index (χ1n) is 2.81. The normalized spacial score (nSPS) is 12.8. The van der Waals surface area contributed by atoms with E-state index in [1.165, 1.54) is 0 Å². The molecule has 0 aliphatic carbocycles. The van der Waals surface area contributed by atoms with E-state index < -0.39 is 0 Å². The van der Waals surface area contributed by atoms with Crippen molar-refractivity contribution in [2.75, 3.05) is 6.54 Å². The van der Waals surface area contributed by atoms with Crippen LogP contribution in [-0.2, 0) is 0 Å². The van der Waals surface area contributed by atoms with Crippen molar-refractivity contribution in [3.8, 4) is 6.07 Å². The topological polar surface area (TPSA) is 82.4 Å². The maximum Gasteiger partial charge on any atom is 0.139 e. The highest BCUT2D eigenvalue weighted by molar-refractivity contribution is 6.00. The third kappa shape index (κ3) is 2.18. The number of aliphatic hydroxyl groups is 1. The first-order chi connectivity index (χ1) is 4.76. The SMILES string of the molecule is CCN=C(N)/C(C#N)=C/O. The van der Waals surface area contributed by atoms with Gasteiger partial charge in [0.1, 0.15) is 23.7 Å². The molecular weight excluding hydrogens is 130 g/mol. The summed E-state index contributed by atoms with van der Waals surface area (Å²) in [7, 11) is 0. The third-order valence-electron chi connectivity index (χ3n) is 0.854. The molecule has 4 nitrogen and oxygen atoms in total.